The van der Waals surface area contributed by atoms with Gasteiger partial charge in [0.05, 0.1) is 5.56 Å². The molecule has 0 amide bonds. The highest BCUT2D eigenvalue weighted by molar-refractivity contribution is 5.96. The second-order valence-electron chi connectivity index (χ2n) is 5.72. The smallest absolute Gasteiger partial charge is 0.345 e. The number of nitrogens with two attached hydrogens (primary N) is 1. The Morgan fingerprint density at radius 3 is 2.25 bits per heavy atom. The normalized spacial score (nSPS) is 11.2. The van der Waals surface area contributed by atoms with E-state index in [1.807, 2.05) is 18.2 Å². The average molecular weight is 269 g/mol. The fraction of sp³-hybridized carbons (Fsp3) is 0.235. The maximum atomic E-state index is 12.2. The van der Waals surface area contributed by atoms with Gasteiger partial charge in [-0.2, -0.15) is 0 Å². The zero-order valence-electron chi connectivity index (χ0n) is 12.0. The van der Waals surface area contributed by atoms with Gasteiger partial charge >= 0.3 is 5.97 Å². The quantitative estimate of drug-likeness (QED) is 0.512. The highest BCUT2D eigenvalue weighted by atomic mass is 16.5. The molecule has 0 aromatic heterocycles. The van der Waals surface area contributed by atoms with Crippen LogP contribution in [0.15, 0.2) is 48.5 Å². The molecule has 104 valence electrons. The standard InChI is InChI=1S/C17H19NO2/c1-17(2,3)13-9-5-7-11-15(13)20-16(19)12-8-4-6-10-14(12)18/h4-11H,18H2,1-3H3. The van der Waals surface area contributed by atoms with E-state index in [0.29, 0.717) is 17.0 Å². The third kappa shape index (κ3) is 2.99. The molecule has 2 N–H and O–H groups in total. The van der Waals surface area contributed by atoms with E-state index in [-0.39, 0.29) is 5.41 Å². The van der Waals surface area contributed by atoms with E-state index in [0.717, 1.165) is 5.56 Å². The molecule has 0 saturated heterocycles. The van der Waals surface area contributed by atoms with Crippen molar-refractivity contribution in [3.8, 4) is 5.75 Å². The predicted molar refractivity (Wildman–Crippen MR) is 81.0 cm³/mol. The highest BCUT2D eigenvalue weighted by Gasteiger charge is 2.21. The Kier molecular flexibility index (Phi) is 3.79. The monoisotopic (exact) mass is 269 g/mol. The van der Waals surface area contributed by atoms with Crippen molar-refractivity contribution in [2.75, 3.05) is 5.73 Å². The minimum atomic E-state index is -0.431. The summed E-state index contributed by atoms with van der Waals surface area (Å²) >= 11 is 0. The van der Waals surface area contributed by atoms with Gasteiger partial charge in [-0.1, -0.05) is 51.1 Å². The number of ether oxygens (including phenoxy) is 1. The minimum absolute atomic E-state index is 0.0981. The molecule has 0 bridgehead atoms. The van der Waals surface area contributed by atoms with Crippen LogP contribution in [0, 0.1) is 0 Å². The summed E-state index contributed by atoms with van der Waals surface area (Å²) in [6.45, 7) is 6.24. The molecule has 0 radical (unpaired) electrons. The van der Waals surface area contributed by atoms with Crippen LogP contribution in [0.5, 0.6) is 5.75 Å². The average Bonchev–Trinajstić information content (AvgIpc) is 2.38. The zero-order chi connectivity index (χ0) is 14.8. The largest absolute Gasteiger partial charge is 0.423 e. The van der Waals surface area contributed by atoms with Gasteiger partial charge in [0.25, 0.3) is 0 Å². The van der Waals surface area contributed by atoms with E-state index >= 15 is 0 Å². The Hall–Kier alpha value is -2.29. The first-order valence-electron chi connectivity index (χ1n) is 6.56. The fourth-order valence-electron chi connectivity index (χ4n) is 2.01. The molecule has 2 rings (SSSR count). The number of rotatable bonds is 2. The molecule has 0 spiro atoms. The molecule has 2 aromatic carbocycles. The summed E-state index contributed by atoms with van der Waals surface area (Å²) in [5.41, 5.74) is 7.50. The van der Waals surface area contributed by atoms with Gasteiger partial charge in [-0.05, 0) is 23.6 Å². The molecule has 2 aromatic rings. The van der Waals surface area contributed by atoms with Gasteiger partial charge < -0.3 is 10.5 Å². The molecular weight excluding hydrogens is 250 g/mol. The number of carbonyl (C=O) groups excluding carboxylic acids is 1. The first kappa shape index (κ1) is 14.1. The van der Waals surface area contributed by atoms with E-state index in [4.69, 9.17) is 10.5 Å². The van der Waals surface area contributed by atoms with Gasteiger partial charge in [0.1, 0.15) is 5.75 Å². The molecule has 0 aliphatic carbocycles. The lowest BCUT2D eigenvalue weighted by Gasteiger charge is -2.22. The van der Waals surface area contributed by atoms with Crippen LogP contribution < -0.4 is 10.5 Å². The number of para-hydroxylation sites is 2. The maximum Gasteiger partial charge on any atom is 0.345 e. The van der Waals surface area contributed by atoms with Crippen molar-refractivity contribution in [1.82, 2.24) is 0 Å². The Balaban J connectivity index is 2.32. The predicted octanol–water partition coefficient (Wildman–Crippen LogP) is 3.79. The molecule has 3 heteroatoms. The van der Waals surface area contributed by atoms with Crippen LogP contribution in [0.3, 0.4) is 0 Å². The Labute approximate surface area is 119 Å². The van der Waals surface area contributed by atoms with Crippen molar-refractivity contribution >= 4 is 11.7 Å². The second-order valence-corrected chi connectivity index (χ2v) is 5.72. The van der Waals surface area contributed by atoms with Crippen LogP contribution in [-0.2, 0) is 5.41 Å². The molecule has 0 fully saturated rings. The van der Waals surface area contributed by atoms with Gasteiger partial charge in [-0.15, -0.1) is 0 Å². The molecule has 0 saturated carbocycles. The third-order valence-electron chi connectivity index (χ3n) is 3.08. The number of hydrogen-bond donors (Lipinski definition) is 1. The topological polar surface area (TPSA) is 52.3 Å². The van der Waals surface area contributed by atoms with E-state index in [1.165, 1.54) is 0 Å². The molecule has 0 atom stereocenters. The Morgan fingerprint density at radius 1 is 1.00 bits per heavy atom. The molecular formula is C17H19NO2. The summed E-state index contributed by atoms with van der Waals surface area (Å²) in [5, 5.41) is 0. The van der Waals surface area contributed by atoms with Crippen LogP contribution in [-0.4, -0.2) is 5.97 Å². The lowest BCUT2D eigenvalue weighted by Crippen LogP contribution is -2.17. The summed E-state index contributed by atoms with van der Waals surface area (Å²) in [4.78, 5) is 12.2. The van der Waals surface area contributed by atoms with Gasteiger partial charge in [0.2, 0.25) is 0 Å². The number of benzene rings is 2. The van der Waals surface area contributed by atoms with E-state index < -0.39 is 5.97 Å². The number of hydrogen-bond acceptors (Lipinski definition) is 3. The lowest BCUT2D eigenvalue weighted by atomic mass is 9.86. The molecule has 20 heavy (non-hydrogen) atoms. The number of anilines is 1. The van der Waals surface area contributed by atoms with Crippen LogP contribution in [0.25, 0.3) is 0 Å². The van der Waals surface area contributed by atoms with Crippen molar-refractivity contribution in [1.29, 1.82) is 0 Å². The van der Waals surface area contributed by atoms with Crippen molar-refractivity contribution in [2.45, 2.75) is 26.2 Å². The maximum absolute atomic E-state index is 12.2. The van der Waals surface area contributed by atoms with Crippen molar-refractivity contribution < 1.29 is 9.53 Å². The molecule has 0 unspecified atom stereocenters. The number of carbonyl (C=O) groups is 1. The van der Waals surface area contributed by atoms with Crippen LogP contribution in [0.2, 0.25) is 0 Å². The summed E-state index contributed by atoms with van der Waals surface area (Å²) in [6, 6.07) is 14.5. The highest BCUT2D eigenvalue weighted by Crippen LogP contribution is 2.31. The van der Waals surface area contributed by atoms with Gasteiger partial charge in [-0.3, -0.25) is 0 Å². The van der Waals surface area contributed by atoms with Crippen molar-refractivity contribution in [3.63, 3.8) is 0 Å². The van der Waals surface area contributed by atoms with E-state index in [9.17, 15) is 4.79 Å². The Morgan fingerprint density at radius 2 is 1.60 bits per heavy atom. The summed E-state index contributed by atoms with van der Waals surface area (Å²) in [7, 11) is 0. The van der Waals surface area contributed by atoms with Crippen LogP contribution >= 0.6 is 0 Å². The fourth-order valence-corrected chi connectivity index (χ4v) is 2.01. The molecule has 3 nitrogen and oxygen atoms in total. The first-order valence-corrected chi connectivity index (χ1v) is 6.56. The van der Waals surface area contributed by atoms with Crippen molar-refractivity contribution in [3.05, 3.63) is 59.7 Å². The third-order valence-corrected chi connectivity index (χ3v) is 3.08. The van der Waals surface area contributed by atoms with E-state index in [2.05, 4.69) is 20.8 Å². The lowest BCUT2D eigenvalue weighted by molar-refractivity contribution is 0.0733. The van der Waals surface area contributed by atoms with E-state index in [1.54, 1.807) is 30.3 Å². The second kappa shape index (κ2) is 5.37. The SMILES string of the molecule is CC(C)(C)c1ccccc1OC(=O)c1ccccc1N. The van der Waals surface area contributed by atoms with Crippen molar-refractivity contribution in [2.24, 2.45) is 0 Å². The molecule has 0 aliphatic rings. The summed E-state index contributed by atoms with van der Waals surface area (Å²) < 4.78 is 5.52. The van der Waals surface area contributed by atoms with Gasteiger partial charge in [0, 0.05) is 11.3 Å². The van der Waals surface area contributed by atoms with Gasteiger partial charge in [-0.25, -0.2) is 4.79 Å². The van der Waals surface area contributed by atoms with Crippen LogP contribution in [0.4, 0.5) is 5.69 Å². The minimum Gasteiger partial charge on any atom is -0.423 e. The molecule has 0 heterocycles. The molecule has 0 aliphatic heterocycles. The zero-order valence-corrected chi connectivity index (χ0v) is 12.0. The number of nitrogen functional groups attached to an aromatic ring is 1. The summed E-state index contributed by atoms with van der Waals surface area (Å²) in [6.07, 6.45) is 0. The van der Waals surface area contributed by atoms with Gasteiger partial charge in [0.15, 0.2) is 0 Å². The Bertz CT molecular complexity index is 627. The van der Waals surface area contributed by atoms with Crippen LogP contribution in [0.1, 0.15) is 36.7 Å². The summed E-state index contributed by atoms with van der Waals surface area (Å²) in [5.74, 6) is 0.146. The first-order chi connectivity index (χ1) is 9.39. The number of esters is 1.